The molecule has 27 heavy (non-hydrogen) atoms. The second-order valence-corrected chi connectivity index (χ2v) is 6.97. The molecule has 6 heteroatoms. The fraction of sp³-hybridized carbons (Fsp3) is 0.0952. The van der Waals surface area contributed by atoms with Gasteiger partial charge in [0, 0.05) is 22.2 Å². The fourth-order valence-corrected chi connectivity index (χ4v) is 3.95. The Morgan fingerprint density at radius 1 is 0.889 bits per heavy atom. The van der Waals surface area contributed by atoms with Gasteiger partial charge in [-0.2, -0.15) is 0 Å². The molecule has 3 aromatic rings. The average molecular weight is 376 g/mol. The summed E-state index contributed by atoms with van der Waals surface area (Å²) in [4.78, 5) is 32.6. The number of para-hydroxylation sites is 2. The lowest BCUT2D eigenvalue weighted by Crippen LogP contribution is -2.29. The van der Waals surface area contributed by atoms with Crippen LogP contribution >= 0.6 is 11.8 Å². The van der Waals surface area contributed by atoms with E-state index in [9.17, 15) is 9.59 Å². The van der Waals surface area contributed by atoms with Gasteiger partial charge in [-0.25, -0.2) is 4.79 Å². The molecule has 2 heterocycles. The summed E-state index contributed by atoms with van der Waals surface area (Å²) in [7, 11) is 0. The summed E-state index contributed by atoms with van der Waals surface area (Å²) < 4.78 is 5.25. The molecule has 0 bridgehead atoms. The molecular formula is C21H16N2O3S. The third-order valence-electron chi connectivity index (χ3n) is 4.15. The fourth-order valence-electron chi connectivity index (χ4n) is 2.89. The second kappa shape index (κ2) is 7.63. The molecule has 0 saturated heterocycles. The first kappa shape index (κ1) is 17.3. The van der Waals surface area contributed by atoms with E-state index in [-0.39, 0.29) is 18.9 Å². The van der Waals surface area contributed by atoms with Crippen molar-refractivity contribution < 1.29 is 14.3 Å². The van der Waals surface area contributed by atoms with E-state index in [1.165, 1.54) is 12.4 Å². The molecule has 0 spiro atoms. The van der Waals surface area contributed by atoms with Gasteiger partial charge in [-0.05, 0) is 36.4 Å². The Balaban J connectivity index is 1.50. The Hall–Kier alpha value is -3.12. The number of esters is 1. The predicted octanol–water partition coefficient (Wildman–Crippen LogP) is 4.46. The first-order valence-corrected chi connectivity index (χ1v) is 9.32. The maximum atomic E-state index is 13.0. The number of fused-ring (bicyclic) bond motifs is 2. The molecule has 1 aromatic heterocycles. The molecule has 1 amide bonds. The number of carbonyl (C=O) groups is 2. The normalized spacial score (nSPS) is 12.1. The Morgan fingerprint density at radius 2 is 1.48 bits per heavy atom. The SMILES string of the molecule is O=C(OCCC(=O)N1c2ccccc2Sc2ccccc21)c1ccncc1. The lowest BCUT2D eigenvalue weighted by Gasteiger charge is -2.31. The van der Waals surface area contributed by atoms with Crippen LogP contribution in [0.5, 0.6) is 0 Å². The van der Waals surface area contributed by atoms with Gasteiger partial charge in [-0.15, -0.1) is 0 Å². The minimum Gasteiger partial charge on any atom is -0.462 e. The minimum atomic E-state index is -0.458. The summed E-state index contributed by atoms with van der Waals surface area (Å²) in [6, 6.07) is 18.8. The number of hydrogen-bond donors (Lipinski definition) is 0. The molecule has 0 fully saturated rings. The van der Waals surface area contributed by atoms with Crippen molar-refractivity contribution in [1.82, 2.24) is 4.98 Å². The van der Waals surface area contributed by atoms with Gasteiger partial charge in [0.25, 0.3) is 0 Å². The van der Waals surface area contributed by atoms with E-state index in [2.05, 4.69) is 4.98 Å². The highest BCUT2D eigenvalue weighted by molar-refractivity contribution is 7.99. The van der Waals surface area contributed by atoms with Crippen molar-refractivity contribution in [2.45, 2.75) is 16.2 Å². The van der Waals surface area contributed by atoms with Crippen LogP contribution in [0.1, 0.15) is 16.8 Å². The summed E-state index contributed by atoms with van der Waals surface area (Å²) in [6.07, 6.45) is 3.16. The molecule has 0 saturated carbocycles. The van der Waals surface area contributed by atoms with Crippen molar-refractivity contribution in [3.05, 3.63) is 78.6 Å². The second-order valence-electron chi connectivity index (χ2n) is 5.89. The van der Waals surface area contributed by atoms with Crippen molar-refractivity contribution in [3.63, 3.8) is 0 Å². The van der Waals surface area contributed by atoms with E-state index in [0.29, 0.717) is 5.56 Å². The van der Waals surface area contributed by atoms with Crippen LogP contribution in [0.2, 0.25) is 0 Å². The number of pyridine rings is 1. The summed E-state index contributed by atoms with van der Waals surface area (Å²) in [5.41, 5.74) is 2.13. The molecular weight excluding hydrogens is 360 g/mol. The lowest BCUT2D eigenvalue weighted by molar-refractivity contribution is -0.118. The van der Waals surface area contributed by atoms with Gasteiger partial charge in [-0.3, -0.25) is 14.7 Å². The number of hydrogen-bond acceptors (Lipinski definition) is 5. The van der Waals surface area contributed by atoms with Crippen molar-refractivity contribution in [1.29, 1.82) is 0 Å². The molecule has 0 aliphatic carbocycles. The first-order chi connectivity index (χ1) is 13.2. The number of ether oxygens (including phenoxy) is 1. The highest BCUT2D eigenvalue weighted by Gasteiger charge is 2.27. The van der Waals surface area contributed by atoms with Gasteiger partial charge in [0.15, 0.2) is 0 Å². The molecule has 2 aromatic carbocycles. The van der Waals surface area contributed by atoms with Crippen molar-refractivity contribution in [2.75, 3.05) is 11.5 Å². The van der Waals surface area contributed by atoms with E-state index in [0.717, 1.165) is 21.2 Å². The minimum absolute atomic E-state index is 0.0218. The molecule has 0 unspecified atom stereocenters. The van der Waals surface area contributed by atoms with Crippen LogP contribution in [0.4, 0.5) is 11.4 Å². The summed E-state index contributed by atoms with van der Waals surface area (Å²) in [6.45, 7) is 0.0218. The summed E-state index contributed by atoms with van der Waals surface area (Å²) >= 11 is 1.64. The lowest BCUT2D eigenvalue weighted by atomic mass is 10.2. The van der Waals surface area contributed by atoms with Gasteiger partial charge >= 0.3 is 5.97 Å². The van der Waals surface area contributed by atoms with Crippen LogP contribution < -0.4 is 4.90 Å². The largest absolute Gasteiger partial charge is 0.462 e. The van der Waals surface area contributed by atoms with Gasteiger partial charge in [0.1, 0.15) is 6.61 Å². The van der Waals surface area contributed by atoms with Gasteiger partial charge in [0.2, 0.25) is 5.91 Å². The third kappa shape index (κ3) is 3.57. The molecule has 134 valence electrons. The highest BCUT2D eigenvalue weighted by Crippen LogP contribution is 2.47. The Kier molecular flexibility index (Phi) is 4.89. The number of rotatable bonds is 4. The molecule has 0 atom stereocenters. The Bertz CT molecular complexity index is 946. The van der Waals surface area contributed by atoms with Crippen LogP contribution in [0.25, 0.3) is 0 Å². The van der Waals surface area contributed by atoms with E-state index in [1.807, 2.05) is 48.5 Å². The molecule has 0 N–H and O–H groups in total. The molecule has 0 radical (unpaired) electrons. The van der Waals surface area contributed by atoms with E-state index in [4.69, 9.17) is 4.74 Å². The number of amides is 1. The van der Waals surface area contributed by atoms with E-state index in [1.54, 1.807) is 28.8 Å². The van der Waals surface area contributed by atoms with Gasteiger partial charge in [0.05, 0.1) is 23.4 Å². The monoisotopic (exact) mass is 376 g/mol. The summed E-state index contributed by atoms with van der Waals surface area (Å²) in [5.74, 6) is -0.571. The zero-order valence-corrected chi connectivity index (χ0v) is 15.2. The Labute approximate surface area is 161 Å². The van der Waals surface area contributed by atoms with Crippen LogP contribution in [0.3, 0.4) is 0 Å². The van der Waals surface area contributed by atoms with Crippen LogP contribution in [0, 0.1) is 0 Å². The molecule has 1 aliphatic heterocycles. The Morgan fingerprint density at radius 3 is 2.11 bits per heavy atom. The third-order valence-corrected chi connectivity index (χ3v) is 5.28. The predicted molar refractivity (Wildman–Crippen MR) is 103 cm³/mol. The number of aromatic nitrogens is 1. The standard InChI is InChI=1S/C21H16N2O3S/c24-20(11-14-26-21(25)15-9-12-22-13-10-15)23-16-5-1-3-7-18(16)27-19-8-4-2-6-17(19)23/h1-10,12-13H,11,14H2. The number of benzene rings is 2. The topological polar surface area (TPSA) is 59.5 Å². The summed E-state index contributed by atoms with van der Waals surface area (Å²) in [5, 5.41) is 0. The number of anilines is 2. The number of nitrogens with zero attached hydrogens (tertiary/aromatic N) is 2. The number of carbonyl (C=O) groups excluding carboxylic acids is 2. The van der Waals surface area contributed by atoms with Crippen molar-refractivity contribution in [2.24, 2.45) is 0 Å². The van der Waals surface area contributed by atoms with Crippen LogP contribution in [-0.2, 0) is 9.53 Å². The van der Waals surface area contributed by atoms with Gasteiger partial charge in [-0.1, -0.05) is 36.0 Å². The zero-order chi connectivity index (χ0) is 18.6. The van der Waals surface area contributed by atoms with E-state index >= 15 is 0 Å². The highest BCUT2D eigenvalue weighted by atomic mass is 32.2. The van der Waals surface area contributed by atoms with Gasteiger partial charge < -0.3 is 4.74 Å². The van der Waals surface area contributed by atoms with E-state index < -0.39 is 5.97 Å². The maximum Gasteiger partial charge on any atom is 0.338 e. The maximum absolute atomic E-state index is 13.0. The van der Waals surface area contributed by atoms with Crippen LogP contribution in [-0.4, -0.2) is 23.5 Å². The molecule has 4 rings (SSSR count). The smallest absolute Gasteiger partial charge is 0.338 e. The molecule has 1 aliphatic rings. The quantitative estimate of drug-likeness (QED) is 0.629. The van der Waals surface area contributed by atoms with Crippen molar-refractivity contribution >= 4 is 35.0 Å². The average Bonchev–Trinajstić information content (AvgIpc) is 2.72. The zero-order valence-electron chi connectivity index (χ0n) is 14.4. The first-order valence-electron chi connectivity index (χ1n) is 8.50. The molecule has 5 nitrogen and oxygen atoms in total. The van der Waals surface area contributed by atoms with Crippen molar-refractivity contribution in [3.8, 4) is 0 Å². The van der Waals surface area contributed by atoms with Crippen LogP contribution in [0.15, 0.2) is 82.8 Å².